The van der Waals surface area contributed by atoms with Gasteiger partial charge in [-0.05, 0) is 10.2 Å². The smallest absolute Gasteiger partial charge is 0.433 e. The van der Waals surface area contributed by atoms with Crippen LogP contribution in [0.3, 0.4) is 0 Å². The number of Topliss-reactive ketones (excluding diaryl/α,β-unsaturated/α-hetero) is 1. The molecule has 1 aliphatic heterocycles. The van der Waals surface area contributed by atoms with Crippen LogP contribution in [-0.4, -0.2) is 33.9 Å². The highest BCUT2D eigenvalue weighted by Crippen LogP contribution is 2.19. The molecule has 88 valence electrons. The second-order valence-corrected chi connectivity index (χ2v) is 3.44. The van der Waals surface area contributed by atoms with Gasteiger partial charge in [0.15, 0.2) is 12.3 Å². The van der Waals surface area contributed by atoms with Gasteiger partial charge in [-0.2, -0.15) is 0 Å². The van der Waals surface area contributed by atoms with Crippen molar-refractivity contribution in [2.45, 2.75) is 13.5 Å². The van der Waals surface area contributed by atoms with Crippen LogP contribution in [0.4, 0.5) is 4.79 Å². The number of hydrogen-bond donors (Lipinski definition) is 1. The Labute approximate surface area is 96.0 Å². The Kier molecular flexibility index (Phi) is 2.56. The Morgan fingerprint density at radius 3 is 2.53 bits per heavy atom. The number of carbonyl (C=O) groups excluding carboxylic acids is 2. The Morgan fingerprint density at radius 2 is 2.06 bits per heavy atom. The predicted molar refractivity (Wildman–Crippen MR) is 57.0 cm³/mol. The van der Waals surface area contributed by atoms with Gasteiger partial charge in [-0.3, -0.25) is 4.79 Å². The van der Waals surface area contributed by atoms with Crippen molar-refractivity contribution < 1.29 is 18.7 Å². The first kappa shape index (κ1) is 11.1. The molecule has 0 aromatic carbocycles. The van der Waals surface area contributed by atoms with Crippen molar-refractivity contribution >= 4 is 24.2 Å². The zero-order valence-electron chi connectivity index (χ0n) is 9.03. The van der Waals surface area contributed by atoms with Gasteiger partial charge in [0, 0.05) is 11.6 Å². The van der Waals surface area contributed by atoms with Crippen molar-refractivity contribution in [1.29, 1.82) is 0 Å². The number of amides is 2. The number of ketones is 1. The van der Waals surface area contributed by atoms with Gasteiger partial charge in [-0.1, -0.05) is 0 Å². The Balaban J connectivity index is 2.24. The standard InChI is InChI=1S/C9H9N5O3/c1-6(15)8-11-4-7(17-8)5-14(9(10)16)12-2-3-13-14/h2-4H,5H2,1H3,(H-,10,16)/p+1. The lowest BCUT2D eigenvalue weighted by atomic mass is 10.5. The van der Waals surface area contributed by atoms with E-state index in [0.717, 1.165) is 0 Å². The minimum Gasteiger partial charge on any atom is -0.433 e. The topological polar surface area (TPSA) is 111 Å². The summed E-state index contributed by atoms with van der Waals surface area (Å²) in [6.45, 7) is 1.32. The van der Waals surface area contributed by atoms with Gasteiger partial charge in [0.2, 0.25) is 5.78 Å². The first-order valence-corrected chi connectivity index (χ1v) is 4.77. The van der Waals surface area contributed by atoms with E-state index in [-0.39, 0.29) is 18.2 Å². The molecule has 0 saturated carbocycles. The number of urea groups is 1. The maximum Gasteiger partial charge on any atom is 0.468 e. The van der Waals surface area contributed by atoms with E-state index >= 15 is 0 Å². The molecule has 1 aromatic heterocycles. The predicted octanol–water partition coefficient (Wildman–Crippen LogP) is 0.258. The van der Waals surface area contributed by atoms with Crippen molar-refractivity contribution in [2.24, 2.45) is 15.9 Å². The summed E-state index contributed by atoms with van der Waals surface area (Å²) in [5, 5.41) is 7.72. The molecule has 8 nitrogen and oxygen atoms in total. The van der Waals surface area contributed by atoms with Gasteiger partial charge < -0.3 is 10.2 Å². The fourth-order valence-electron chi connectivity index (χ4n) is 1.34. The van der Waals surface area contributed by atoms with Crippen LogP contribution >= 0.6 is 0 Å². The molecule has 0 atom stereocenters. The molecule has 0 fully saturated rings. The van der Waals surface area contributed by atoms with Crippen molar-refractivity contribution in [1.82, 2.24) is 4.98 Å². The number of aromatic nitrogens is 1. The Morgan fingerprint density at radius 1 is 1.41 bits per heavy atom. The number of nitrogens with zero attached hydrogens (tertiary/aromatic N) is 4. The fraction of sp³-hybridized carbons (Fsp3) is 0.222. The molecule has 8 heteroatoms. The molecule has 0 spiro atoms. The SMILES string of the molecule is CC(=O)c1ncc(C[N+]2(C(N)=O)N=CC=N2)o1. The fourth-order valence-corrected chi connectivity index (χ4v) is 1.34. The van der Waals surface area contributed by atoms with Crippen molar-refractivity contribution in [3.63, 3.8) is 0 Å². The third-order valence-corrected chi connectivity index (χ3v) is 2.17. The molecule has 0 saturated heterocycles. The third-order valence-electron chi connectivity index (χ3n) is 2.17. The lowest BCUT2D eigenvalue weighted by Gasteiger charge is -2.15. The summed E-state index contributed by atoms with van der Waals surface area (Å²) in [6, 6.07) is -0.740. The van der Waals surface area contributed by atoms with E-state index in [9.17, 15) is 9.59 Å². The molecule has 2 N–H and O–H groups in total. The molecular weight excluding hydrogens is 226 g/mol. The highest BCUT2D eigenvalue weighted by atomic mass is 16.4. The van der Waals surface area contributed by atoms with E-state index in [0.29, 0.717) is 5.76 Å². The van der Waals surface area contributed by atoms with Gasteiger partial charge >= 0.3 is 6.03 Å². The van der Waals surface area contributed by atoms with Gasteiger partial charge in [-0.25, -0.2) is 9.78 Å². The molecule has 0 bridgehead atoms. The van der Waals surface area contributed by atoms with Crippen LogP contribution < -0.4 is 5.73 Å². The molecule has 2 heterocycles. The van der Waals surface area contributed by atoms with Crippen molar-refractivity contribution in [3.05, 3.63) is 17.8 Å². The van der Waals surface area contributed by atoms with Crippen LogP contribution in [0.15, 0.2) is 20.8 Å². The van der Waals surface area contributed by atoms with Gasteiger partial charge in [0.1, 0.15) is 12.4 Å². The summed E-state index contributed by atoms with van der Waals surface area (Å²) in [7, 11) is 0. The van der Waals surface area contributed by atoms with Crippen LogP contribution in [0.1, 0.15) is 23.4 Å². The third kappa shape index (κ3) is 1.97. The number of hydrogen-bond acceptors (Lipinski definition) is 6. The monoisotopic (exact) mass is 236 g/mol. The number of nitrogens with two attached hydrogens (primary N) is 1. The molecule has 0 aliphatic carbocycles. The van der Waals surface area contributed by atoms with Crippen LogP contribution in [0.25, 0.3) is 0 Å². The molecule has 0 radical (unpaired) electrons. The number of rotatable bonds is 3. The van der Waals surface area contributed by atoms with E-state index in [1.54, 1.807) is 0 Å². The summed E-state index contributed by atoms with van der Waals surface area (Å²) < 4.78 is 4.49. The number of carbonyl (C=O) groups is 2. The second-order valence-electron chi connectivity index (χ2n) is 3.44. The van der Waals surface area contributed by atoms with Crippen LogP contribution in [0, 0.1) is 0 Å². The number of primary amides is 1. The highest BCUT2D eigenvalue weighted by Gasteiger charge is 2.39. The molecular formula is C9H10N5O3+. The van der Waals surface area contributed by atoms with Crippen LogP contribution in [0.2, 0.25) is 0 Å². The summed E-state index contributed by atoms with van der Waals surface area (Å²) in [4.78, 5) is 26.1. The average Bonchev–Trinajstić information content (AvgIpc) is 2.88. The maximum absolute atomic E-state index is 11.3. The van der Waals surface area contributed by atoms with Crippen LogP contribution in [0.5, 0.6) is 0 Å². The normalized spacial score (nSPS) is 16.3. The first-order valence-electron chi connectivity index (χ1n) is 4.77. The molecule has 2 rings (SSSR count). The lowest BCUT2D eigenvalue weighted by Crippen LogP contribution is -2.45. The van der Waals surface area contributed by atoms with Crippen molar-refractivity contribution in [3.8, 4) is 0 Å². The Hall–Kier alpha value is -2.35. The Bertz CT molecular complexity index is 518. The zero-order chi connectivity index (χ0) is 12.5. The van der Waals surface area contributed by atoms with Gasteiger partial charge in [-0.15, -0.1) is 0 Å². The largest absolute Gasteiger partial charge is 0.468 e. The molecule has 0 unspecified atom stereocenters. The summed E-state index contributed by atoms with van der Waals surface area (Å²) in [5.74, 6) is -0.00437. The quantitative estimate of drug-likeness (QED) is 0.599. The minimum atomic E-state index is -0.740. The summed E-state index contributed by atoms with van der Waals surface area (Å²) >= 11 is 0. The van der Waals surface area contributed by atoms with Gasteiger partial charge in [0.25, 0.3) is 5.89 Å². The average molecular weight is 236 g/mol. The number of quaternary nitrogens is 1. The molecule has 1 aliphatic rings. The maximum atomic E-state index is 11.3. The second kappa shape index (κ2) is 3.91. The minimum absolute atomic E-state index is 0.0113. The van der Waals surface area contributed by atoms with Crippen LogP contribution in [-0.2, 0) is 6.54 Å². The van der Waals surface area contributed by atoms with Gasteiger partial charge in [0.05, 0.1) is 6.20 Å². The lowest BCUT2D eigenvalue weighted by molar-refractivity contribution is -0.874. The number of oxazole rings is 1. The molecule has 2 amide bonds. The molecule has 17 heavy (non-hydrogen) atoms. The molecule has 1 aromatic rings. The van der Waals surface area contributed by atoms with E-state index in [1.807, 2.05) is 0 Å². The van der Waals surface area contributed by atoms with E-state index in [2.05, 4.69) is 15.2 Å². The summed E-state index contributed by atoms with van der Waals surface area (Å²) in [6.07, 6.45) is 4.09. The van der Waals surface area contributed by atoms with Crippen molar-refractivity contribution in [2.75, 3.05) is 0 Å². The highest BCUT2D eigenvalue weighted by molar-refractivity contribution is 6.16. The zero-order valence-corrected chi connectivity index (χ0v) is 9.03. The summed E-state index contributed by atoms with van der Waals surface area (Å²) in [5.41, 5.74) is 5.22. The van der Waals surface area contributed by atoms with E-state index in [4.69, 9.17) is 10.2 Å². The first-order chi connectivity index (χ1) is 8.03. The van der Waals surface area contributed by atoms with E-state index < -0.39 is 10.7 Å². The van der Waals surface area contributed by atoms with E-state index in [1.165, 1.54) is 25.5 Å².